The van der Waals surface area contributed by atoms with Crippen molar-refractivity contribution in [2.75, 3.05) is 13.2 Å². The number of hydrogen-bond donors (Lipinski definition) is 0. The minimum atomic E-state index is -0.731. The molecule has 2 atom stereocenters. The molecule has 35 heavy (non-hydrogen) atoms. The molecule has 0 saturated carbocycles. The largest absolute Gasteiger partial charge is 0.444 e. The van der Waals surface area contributed by atoms with Gasteiger partial charge in [0, 0.05) is 19.6 Å². The fourth-order valence-corrected chi connectivity index (χ4v) is 4.52. The number of halogens is 2. The van der Waals surface area contributed by atoms with Crippen molar-refractivity contribution in [3.05, 3.63) is 47.3 Å². The van der Waals surface area contributed by atoms with Crippen molar-refractivity contribution in [3.63, 3.8) is 0 Å². The van der Waals surface area contributed by atoms with Crippen LogP contribution in [0.4, 0.5) is 9.18 Å². The van der Waals surface area contributed by atoms with Crippen LogP contribution in [0.5, 0.6) is 0 Å². The van der Waals surface area contributed by atoms with Gasteiger partial charge >= 0.3 is 6.09 Å². The van der Waals surface area contributed by atoms with E-state index in [2.05, 4.69) is 6.58 Å². The number of amides is 1. The molecular weight excluding hydrogens is 469 g/mol. The van der Waals surface area contributed by atoms with E-state index in [1.54, 1.807) is 32.9 Å². The van der Waals surface area contributed by atoms with E-state index in [1.807, 2.05) is 6.08 Å². The van der Waals surface area contributed by atoms with Gasteiger partial charge in [-0.2, -0.15) is 0 Å². The van der Waals surface area contributed by atoms with Crippen LogP contribution in [0.1, 0.15) is 84.1 Å². The number of benzene rings is 1. The number of ether oxygens (including phenoxy) is 2. The zero-order chi connectivity index (χ0) is 25.8. The summed E-state index contributed by atoms with van der Waals surface area (Å²) < 4.78 is 25.9. The number of aryl methyl sites for hydroxylation is 1. The van der Waals surface area contributed by atoms with Gasteiger partial charge in [0.1, 0.15) is 17.5 Å². The highest BCUT2D eigenvalue weighted by molar-refractivity contribution is 6.30. The molecule has 1 aromatic carbocycles. The van der Waals surface area contributed by atoms with E-state index < -0.39 is 23.6 Å². The van der Waals surface area contributed by atoms with E-state index in [0.29, 0.717) is 25.1 Å². The third kappa shape index (κ3) is 9.92. The molecule has 0 spiro atoms. The maximum atomic E-state index is 14.3. The average Bonchev–Trinajstić information content (AvgIpc) is 3.22. The van der Waals surface area contributed by atoms with Crippen LogP contribution in [-0.4, -0.2) is 47.7 Å². The Morgan fingerprint density at radius 3 is 2.54 bits per heavy atom. The van der Waals surface area contributed by atoms with Crippen LogP contribution in [0.2, 0.25) is 5.02 Å². The van der Waals surface area contributed by atoms with Gasteiger partial charge in [-0.1, -0.05) is 55.5 Å². The van der Waals surface area contributed by atoms with Crippen LogP contribution < -0.4 is 0 Å². The number of unbranched alkanes of at least 4 members (excludes halogenated alkanes) is 6. The van der Waals surface area contributed by atoms with Crippen LogP contribution in [0, 0.1) is 5.82 Å². The van der Waals surface area contributed by atoms with Crippen LogP contribution in [0.15, 0.2) is 30.9 Å². The van der Waals surface area contributed by atoms with Crippen molar-refractivity contribution in [3.8, 4) is 0 Å². The van der Waals surface area contributed by atoms with Crippen molar-refractivity contribution in [1.29, 1.82) is 0 Å². The molecule has 0 radical (unpaired) electrons. The van der Waals surface area contributed by atoms with Crippen molar-refractivity contribution < 1.29 is 23.5 Å². The minimum absolute atomic E-state index is 0.0353. The first-order chi connectivity index (χ1) is 16.6. The number of likely N-dealkylation sites (tertiary alicyclic amines) is 1. The lowest BCUT2D eigenvalue weighted by atomic mass is 10.00. The molecule has 1 amide bonds. The van der Waals surface area contributed by atoms with Gasteiger partial charge in [-0.3, -0.25) is 9.69 Å². The van der Waals surface area contributed by atoms with Gasteiger partial charge in [0.05, 0.1) is 11.1 Å². The summed E-state index contributed by atoms with van der Waals surface area (Å²) in [5.74, 6) is -0.658. The Morgan fingerprint density at radius 1 is 1.17 bits per heavy atom. The molecule has 1 aromatic rings. The molecule has 1 aliphatic rings. The second kappa shape index (κ2) is 14.6. The Balaban J connectivity index is 1.94. The normalized spacial score (nSPS) is 18.0. The van der Waals surface area contributed by atoms with Crippen LogP contribution >= 0.6 is 11.6 Å². The van der Waals surface area contributed by atoms with Gasteiger partial charge in [0.15, 0.2) is 5.78 Å². The quantitative estimate of drug-likeness (QED) is 0.195. The highest BCUT2D eigenvalue weighted by Crippen LogP contribution is 2.27. The third-order valence-corrected chi connectivity index (χ3v) is 6.40. The number of carbonyl (C=O) groups is 2. The molecule has 1 fully saturated rings. The Labute approximate surface area is 215 Å². The molecule has 0 bridgehead atoms. The molecule has 1 aliphatic heterocycles. The van der Waals surface area contributed by atoms with Crippen LogP contribution in [-0.2, 0) is 20.7 Å². The summed E-state index contributed by atoms with van der Waals surface area (Å²) in [4.78, 5) is 27.6. The van der Waals surface area contributed by atoms with Gasteiger partial charge in [-0.25, -0.2) is 9.18 Å². The number of carbonyl (C=O) groups excluding carboxylic acids is 2. The second-order valence-corrected chi connectivity index (χ2v) is 10.6. The number of hydrogen-bond acceptors (Lipinski definition) is 4. The van der Waals surface area contributed by atoms with Gasteiger partial charge in [0.2, 0.25) is 0 Å². The summed E-state index contributed by atoms with van der Waals surface area (Å²) in [5.41, 5.74) is -0.280. The summed E-state index contributed by atoms with van der Waals surface area (Å²) in [6.07, 6.45) is 9.74. The van der Waals surface area contributed by atoms with Crippen molar-refractivity contribution in [1.82, 2.24) is 4.90 Å². The van der Waals surface area contributed by atoms with Crippen molar-refractivity contribution >= 4 is 23.5 Å². The summed E-state index contributed by atoms with van der Waals surface area (Å²) in [5, 5.41) is 0.0353. The topological polar surface area (TPSA) is 55.8 Å². The first-order valence-electron chi connectivity index (χ1n) is 12.8. The molecule has 2 rings (SSSR count). The predicted molar refractivity (Wildman–Crippen MR) is 138 cm³/mol. The number of allylic oxidation sites excluding steroid dienone is 1. The monoisotopic (exact) mass is 509 g/mol. The lowest BCUT2D eigenvalue weighted by Crippen LogP contribution is -2.47. The lowest BCUT2D eigenvalue weighted by Gasteiger charge is -2.30. The minimum Gasteiger partial charge on any atom is -0.444 e. The Bertz CT molecular complexity index is 839. The molecule has 0 N–H and O–H groups in total. The fraction of sp³-hybridized carbons (Fsp3) is 0.643. The van der Waals surface area contributed by atoms with Crippen molar-refractivity contribution in [2.45, 2.75) is 103 Å². The smallest absolute Gasteiger partial charge is 0.410 e. The van der Waals surface area contributed by atoms with E-state index in [9.17, 15) is 14.0 Å². The number of Topliss-reactive ketones (excluding diaryl/α,β-unsaturated/α-hetero) is 1. The molecule has 0 aromatic heterocycles. The molecule has 1 saturated heterocycles. The van der Waals surface area contributed by atoms with E-state index in [0.717, 1.165) is 25.7 Å². The zero-order valence-electron chi connectivity index (χ0n) is 21.5. The van der Waals surface area contributed by atoms with Gasteiger partial charge < -0.3 is 9.47 Å². The zero-order valence-corrected chi connectivity index (χ0v) is 22.2. The maximum Gasteiger partial charge on any atom is 0.410 e. The van der Waals surface area contributed by atoms with E-state index in [1.165, 1.54) is 30.2 Å². The first-order valence-corrected chi connectivity index (χ1v) is 13.2. The third-order valence-electron chi connectivity index (χ3n) is 6.11. The van der Waals surface area contributed by atoms with E-state index in [4.69, 9.17) is 21.1 Å². The summed E-state index contributed by atoms with van der Waals surface area (Å²) in [7, 11) is 0. The second-order valence-electron chi connectivity index (χ2n) is 10.2. The Hall–Kier alpha value is -1.92. The molecule has 7 heteroatoms. The summed E-state index contributed by atoms with van der Waals surface area (Å²) in [6, 6.07) is 4.04. The predicted octanol–water partition coefficient (Wildman–Crippen LogP) is 7.29. The molecule has 5 nitrogen and oxygen atoms in total. The lowest BCUT2D eigenvalue weighted by molar-refractivity contribution is -0.127. The van der Waals surface area contributed by atoms with Gasteiger partial charge in [0.25, 0.3) is 0 Å². The molecule has 0 unspecified atom stereocenters. The number of nitrogens with zero attached hydrogens (tertiary/aromatic N) is 1. The Morgan fingerprint density at radius 2 is 1.86 bits per heavy atom. The van der Waals surface area contributed by atoms with Crippen molar-refractivity contribution in [2.24, 2.45) is 0 Å². The van der Waals surface area contributed by atoms with Gasteiger partial charge in [-0.15, -0.1) is 6.58 Å². The molecular formula is C28H41ClFNO4. The highest BCUT2D eigenvalue weighted by Gasteiger charge is 2.43. The maximum absolute atomic E-state index is 14.3. The average molecular weight is 510 g/mol. The van der Waals surface area contributed by atoms with E-state index >= 15 is 0 Å². The summed E-state index contributed by atoms with van der Waals surface area (Å²) >= 11 is 5.88. The first kappa shape index (κ1) is 29.3. The van der Waals surface area contributed by atoms with E-state index in [-0.39, 0.29) is 29.8 Å². The number of rotatable bonds is 14. The van der Waals surface area contributed by atoms with Crippen LogP contribution in [0.3, 0.4) is 0 Å². The summed E-state index contributed by atoms with van der Waals surface area (Å²) in [6.45, 7) is 10.1. The van der Waals surface area contributed by atoms with Gasteiger partial charge in [-0.05, 0) is 64.5 Å². The van der Waals surface area contributed by atoms with Crippen LogP contribution in [0.25, 0.3) is 0 Å². The molecule has 196 valence electrons. The Kier molecular flexibility index (Phi) is 12.2. The SMILES string of the molecule is C=CCCCCCCCCO[C@@H]1CCN(C(=O)OC(C)(C)C)[C@@H]1C(=O)CCc1cccc(Cl)c1F. The fourth-order valence-electron chi connectivity index (χ4n) is 4.32. The molecule has 1 heterocycles. The standard InChI is InChI=1S/C28H41ClFNO4/c1-5-6-7-8-9-10-11-12-20-34-24-18-19-31(27(33)35-28(2,3)4)26(24)23(32)17-16-21-14-13-15-22(29)25(21)30/h5,13-15,24,26H,1,6-12,16-20H2,2-4H3/t24-,26-/m1/s1. The molecule has 0 aliphatic carbocycles. The highest BCUT2D eigenvalue weighted by atomic mass is 35.5. The number of ketones is 1.